The van der Waals surface area contributed by atoms with E-state index in [1.807, 2.05) is 6.07 Å². The third-order valence-corrected chi connectivity index (χ3v) is 1.98. The van der Waals surface area contributed by atoms with Gasteiger partial charge in [0.05, 0.1) is 0 Å². The van der Waals surface area contributed by atoms with Crippen LogP contribution in [0.15, 0.2) is 18.2 Å². The van der Waals surface area contributed by atoms with Gasteiger partial charge in [0.1, 0.15) is 0 Å². The molecular weight excluding hydrogens is 282 g/mol. The van der Waals surface area contributed by atoms with Gasteiger partial charge in [-0.05, 0) is 0 Å². The van der Waals surface area contributed by atoms with Crippen molar-refractivity contribution in [1.29, 1.82) is 0 Å². The number of rotatable bonds is 0. The van der Waals surface area contributed by atoms with Gasteiger partial charge in [-0.1, -0.05) is 13.3 Å². The molecule has 0 N–H and O–H groups in total. The van der Waals surface area contributed by atoms with E-state index in [0.29, 0.717) is 0 Å². The molecular formula is C10H9Cl2Zr-. The molecule has 0 unspecified atom stereocenters. The fraction of sp³-hybridized carbons (Fsp3) is 0.200. The van der Waals surface area contributed by atoms with Gasteiger partial charge >= 0.3 is 37.9 Å². The monoisotopic (exact) mass is 289 g/mol. The van der Waals surface area contributed by atoms with Gasteiger partial charge in [0, 0.05) is 0 Å². The Labute approximate surface area is 97.6 Å². The standard InChI is InChI=1S/C10H9.2ClH.Zr/c1-8-4-2-5-9-6-3-7-10(8)9;;;/h2-4,6H,7H2,1H3;2*1H;/q-1;;;+2/p-2. The van der Waals surface area contributed by atoms with Crippen LogP contribution in [0, 0.1) is 13.0 Å². The van der Waals surface area contributed by atoms with Crippen LogP contribution >= 0.6 is 17.0 Å². The molecule has 0 fully saturated rings. The molecule has 0 atom stereocenters. The molecule has 1 aliphatic carbocycles. The van der Waals surface area contributed by atoms with Gasteiger partial charge in [-0.3, -0.25) is 0 Å². The van der Waals surface area contributed by atoms with E-state index in [1.54, 1.807) is 0 Å². The molecule has 0 saturated carbocycles. The van der Waals surface area contributed by atoms with Gasteiger partial charge in [-0.2, -0.15) is 0 Å². The zero-order valence-electron chi connectivity index (χ0n) is 7.27. The number of aryl methyl sites for hydroxylation is 1. The first-order valence-electron chi connectivity index (χ1n) is 3.92. The molecule has 0 amide bonds. The Bertz CT molecular complexity index is 308. The molecule has 0 saturated heterocycles. The maximum atomic E-state index is 4.93. The number of hydrogen-bond acceptors (Lipinski definition) is 0. The van der Waals surface area contributed by atoms with E-state index in [2.05, 4.69) is 31.2 Å². The fourth-order valence-electron chi connectivity index (χ4n) is 1.37. The summed E-state index contributed by atoms with van der Waals surface area (Å²) in [6.07, 6.45) is 5.43. The van der Waals surface area contributed by atoms with Gasteiger partial charge in [0.2, 0.25) is 0 Å². The molecule has 1 aliphatic rings. The molecule has 2 rings (SSSR count). The van der Waals surface area contributed by atoms with Crippen molar-refractivity contribution >= 4 is 23.1 Å². The van der Waals surface area contributed by atoms with E-state index in [9.17, 15) is 0 Å². The van der Waals surface area contributed by atoms with E-state index in [0.717, 1.165) is 6.42 Å². The number of halogens is 2. The number of hydrogen-bond donors (Lipinski definition) is 0. The Balaban J connectivity index is 0.000000251. The Morgan fingerprint density at radius 1 is 1.46 bits per heavy atom. The van der Waals surface area contributed by atoms with Gasteiger partial charge in [-0.15, -0.1) is 47.0 Å². The van der Waals surface area contributed by atoms with E-state index in [-0.39, 0.29) is 0 Å². The first-order valence-corrected chi connectivity index (χ1v) is 10.3. The Morgan fingerprint density at radius 2 is 2.15 bits per heavy atom. The molecule has 13 heavy (non-hydrogen) atoms. The van der Waals surface area contributed by atoms with Crippen molar-refractivity contribution < 1.29 is 20.8 Å². The molecule has 0 heterocycles. The Morgan fingerprint density at radius 3 is 2.77 bits per heavy atom. The predicted molar refractivity (Wildman–Crippen MR) is 54.5 cm³/mol. The van der Waals surface area contributed by atoms with Crippen LogP contribution in [0.25, 0.3) is 6.08 Å². The average Bonchev–Trinajstić information content (AvgIpc) is 2.54. The van der Waals surface area contributed by atoms with Crippen molar-refractivity contribution in [2.24, 2.45) is 0 Å². The van der Waals surface area contributed by atoms with Crippen molar-refractivity contribution in [2.75, 3.05) is 0 Å². The van der Waals surface area contributed by atoms with E-state index < -0.39 is 20.8 Å². The van der Waals surface area contributed by atoms with Gasteiger partial charge in [-0.25, -0.2) is 0 Å². The minimum atomic E-state index is -0.826. The van der Waals surface area contributed by atoms with Gasteiger partial charge < -0.3 is 0 Å². The van der Waals surface area contributed by atoms with Crippen molar-refractivity contribution in [3.8, 4) is 0 Å². The molecule has 68 valence electrons. The first kappa shape index (κ1) is 11.5. The van der Waals surface area contributed by atoms with Crippen LogP contribution in [-0.4, -0.2) is 0 Å². The van der Waals surface area contributed by atoms with Crippen LogP contribution in [0.5, 0.6) is 0 Å². The topological polar surface area (TPSA) is 0 Å². The van der Waals surface area contributed by atoms with Crippen molar-refractivity contribution in [3.05, 3.63) is 41.0 Å². The van der Waals surface area contributed by atoms with Crippen LogP contribution in [0.1, 0.15) is 16.7 Å². The Kier molecular flexibility index (Phi) is 5.32. The molecule has 0 spiro atoms. The second-order valence-corrected chi connectivity index (χ2v) is 6.46. The van der Waals surface area contributed by atoms with Gasteiger partial charge in [0.15, 0.2) is 0 Å². The predicted octanol–water partition coefficient (Wildman–Crippen LogP) is 3.74. The van der Waals surface area contributed by atoms with E-state index in [1.165, 1.54) is 16.7 Å². The average molecular weight is 291 g/mol. The summed E-state index contributed by atoms with van der Waals surface area (Å²) in [4.78, 5) is 0. The van der Waals surface area contributed by atoms with Gasteiger partial charge in [0.25, 0.3) is 0 Å². The van der Waals surface area contributed by atoms with Crippen LogP contribution < -0.4 is 0 Å². The summed E-state index contributed by atoms with van der Waals surface area (Å²) in [5, 5.41) is 0. The SMILES string of the molecule is Cc1cc[c-]c2c1CC=C2.[Cl][Zr][Cl]. The molecule has 1 aromatic carbocycles. The van der Waals surface area contributed by atoms with Crippen molar-refractivity contribution in [3.63, 3.8) is 0 Å². The number of fused-ring (bicyclic) bond motifs is 1. The second kappa shape index (κ2) is 6.01. The molecule has 1 aromatic rings. The van der Waals surface area contributed by atoms with E-state index >= 15 is 0 Å². The Hall–Kier alpha value is 0.423. The molecule has 0 nitrogen and oxygen atoms in total. The fourth-order valence-corrected chi connectivity index (χ4v) is 1.37. The number of benzene rings is 1. The maximum absolute atomic E-state index is 4.93. The normalized spacial score (nSPS) is 11.6. The zero-order valence-corrected chi connectivity index (χ0v) is 11.2. The summed E-state index contributed by atoms with van der Waals surface area (Å²) in [6.45, 7) is 2.15. The molecule has 0 aromatic heterocycles. The summed E-state index contributed by atoms with van der Waals surface area (Å²) < 4.78 is 0. The summed E-state index contributed by atoms with van der Waals surface area (Å²) in [7, 11) is 9.87. The third-order valence-electron chi connectivity index (χ3n) is 1.98. The van der Waals surface area contributed by atoms with Crippen molar-refractivity contribution in [2.45, 2.75) is 13.3 Å². The molecule has 0 bridgehead atoms. The molecule has 3 heteroatoms. The minimum absolute atomic E-state index is 0.826. The van der Waals surface area contributed by atoms with Crippen LogP contribution in [0.4, 0.5) is 0 Å². The zero-order chi connectivity index (χ0) is 9.68. The second-order valence-electron chi connectivity index (χ2n) is 2.73. The number of allylic oxidation sites excluding steroid dienone is 1. The van der Waals surface area contributed by atoms with Crippen LogP contribution in [0.2, 0.25) is 0 Å². The van der Waals surface area contributed by atoms with Crippen LogP contribution in [-0.2, 0) is 27.3 Å². The molecule has 0 radical (unpaired) electrons. The summed E-state index contributed by atoms with van der Waals surface area (Å²) in [5.41, 5.74) is 4.11. The third kappa shape index (κ3) is 3.24. The van der Waals surface area contributed by atoms with E-state index in [4.69, 9.17) is 17.0 Å². The molecule has 0 aliphatic heterocycles. The quantitative estimate of drug-likeness (QED) is 0.639. The van der Waals surface area contributed by atoms with Crippen LogP contribution in [0.3, 0.4) is 0 Å². The summed E-state index contributed by atoms with van der Waals surface area (Å²) in [6, 6.07) is 7.31. The summed E-state index contributed by atoms with van der Waals surface area (Å²) >= 11 is -0.826. The summed E-state index contributed by atoms with van der Waals surface area (Å²) in [5.74, 6) is 0. The first-order chi connectivity index (χ1) is 6.29. The van der Waals surface area contributed by atoms with Crippen molar-refractivity contribution in [1.82, 2.24) is 0 Å².